The standard InChI is InChI=1S/C18H15ClN2O3S/c1-11-6-3-4-7-12(11)17(23)20-18-21(10-15(22)24-2)16-13(19)8-5-9-14(16)25-18/h3-9H,10H2,1-2H3. The molecule has 0 aliphatic heterocycles. The number of aromatic nitrogens is 1. The minimum absolute atomic E-state index is 0.0693. The molecule has 0 N–H and O–H groups in total. The lowest BCUT2D eigenvalue weighted by Crippen LogP contribution is -2.22. The lowest BCUT2D eigenvalue weighted by molar-refractivity contribution is -0.141. The molecule has 2 aromatic carbocycles. The SMILES string of the molecule is COC(=O)Cn1c(=NC(=O)c2ccccc2C)sc2cccc(Cl)c21. The highest BCUT2D eigenvalue weighted by molar-refractivity contribution is 7.16. The molecule has 0 saturated carbocycles. The maximum Gasteiger partial charge on any atom is 0.325 e. The van der Waals surface area contributed by atoms with E-state index < -0.39 is 5.97 Å². The van der Waals surface area contributed by atoms with Crippen LogP contribution in [0.1, 0.15) is 15.9 Å². The van der Waals surface area contributed by atoms with Gasteiger partial charge in [0.2, 0.25) is 0 Å². The predicted octanol–water partition coefficient (Wildman–Crippen LogP) is 3.58. The number of aryl methyl sites for hydroxylation is 1. The highest BCUT2D eigenvalue weighted by Gasteiger charge is 2.15. The summed E-state index contributed by atoms with van der Waals surface area (Å²) in [7, 11) is 1.31. The first-order valence-electron chi connectivity index (χ1n) is 7.50. The molecule has 0 fully saturated rings. The van der Waals surface area contributed by atoms with Gasteiger partial charge in [0.1, 0.15) is 6.54 Å². The van der Waals surface area contributed by atoms with Crippen molar-refractivity contribution in [3.63, 3.8) is 0 Å². The van der Waals surface area contributed by atoms with Crippen LogP contribution in [0.5, 0.6) is 0 Å². The van der Waals surface area contributed by atoms with E-state index >= 15 is 0 Å². The summed E-state index contributed by atoms with van der Waals surface area (Å²) in [4.78, 5) is 29.0. The van der Waals surface area contributed by atoms with E-state index in [4.69, 9.17) is 16.3 Å². The fourth-order valence-electron chi connectivity index (χ4n) is 2.47. The normalized spacial score (nSPS) is 11.7. The molecule has 1 aromatic heterocycles. The van der Waals surface area contributed by atoms with Crippen LogP contribution in [0.4, 0.5) is 0 Å². The van der Waals surface area contributed by atoms with E-state index in [9.17, 15) is 9.59 Å². The molecule has 0 aliphatic rings. The van der Waals surface area contributed by atoms with Gasteiger partial charge in [-0.2, -0.15) is 4.99 Å². The number of esters is 1. The molecule has 0 unspecified atom stereocenters. The molecule has 0 saturated heterocycles. The van der Waals surface area contributed by atoms with E-state index in [0.29, 0.717) is 20.9 Å². The largest absolute Gasteiger partial charge is 0.468 e. The molecule has 0 atom stereocenters. The number of hydrogen-bond acceptors (Lipinski definition) is 4. The van der Waals surface area contributed by atoms with Crippen LogP contribution in [0, 0.1) is 6.92 Å². The zero-order valence-electron chi connectivity index (χ0n) is 13.7. The van der Waals surface area contributed by atoms with Crippen LogP contribution in [-0.4, -0.2) is 23.6 Å². The topological polar surface area (TPSA) is 60.7 Å². The Labute approximate surface area is 153 Å². The van der Waals surface area contributed by atoms with Crippen LogP contribution in [-0.2, 0) is 16.1 Å². The first-order valence-corrected chi connectivity index (χ1v) is 8.70. The number of thiazole rings is 1. The third kappa shape index (κ3) is 3.50. The minimum atomic E-state index is -0.440. The van der Waals surface area contributed by atoms with Gasteiger partial charge in [0, 0.05) is 5.56 Å². The number of amides is 1. The number of carbonyl (C=O) groups is 2. The Balaban J connectivity index is 2.19. The summed E-state index contributed by atoms with van der Waals surface area (Å²) < 4.78 is 7.21. The third-order valence-electron chi connectivity index (χ3n) is 3.74. The molecular weight excluding hydrogens is 360 g/mol. The number of hydrogen-bond donors (Lipinski definition) is 0. The van der Waals surface area contributed by atoms with Crippen LogP contribution in [0.15, 0.2) is 47.5 Å². The summed E-state index contributed by atoms with van der Waals surface area (Å²) in [5.41, 5.74) is 2.03. The van der Waals surface area contributed by atoms with Crippen molar-refractivity contribution in [2.75, 3.05) is 7.11 Å². The molecule has 3 aromatic rings. The van der Waals surface area contributed by atoms with Gasteiger partial charge in [0.25, 0.3) is 5.91 Å². The Bertz CT molecular complexity index is 1040. The van der Waals surface area contributed by atoms with Crippen molar-refractivity contribution in [2.24, 2.45) is 4.99 Å². The summed E-state index contributed by atoms with van der Waals surface area (Å²) >= 11 is 7.59. The number of rotatable bonds is 3. The van der Waals surface area contributed by atoms with Gasteiger partial charge in [-0.15, -0.1) is 0 Å². The van der Waals surface area contributed by atoms with Gasteiger partial charge in [0.05, 0.1) is 22.3 Å². The molecule has 128 valence electrons. The zero-order valence-corrected chi connectivity index (χ0v) is 15.2. The zero-order chi connectivity index (χ0) is 18.0. The lowest BCUT2D eigenvalue weighted by atomic mass is 10.1. The molecule has 1 amide bonds. The molecule has 0 aliphatic carbocycles. The van der Waals surface area contributed by atoms with Gasteiger partial charge < -0.3 is 9.30 Å². The lowest BCUT2D eigenvalue weighted by Gasteiger charge is -2.05. The van der Waals surface area contributed by atoms with E-state index in [1.54, 1.807) is 22.8 Å². The molecule has 0 spiro atoms. The van der Waals surface area contributed by atoms with Crippen LogP contribution in [0.3, 0.4) is 0 Å². The number of para-hydroxylation sites is 1. The van der Waals surface area contributed by atoms with Gasteiger partial charge in [-0.1, -0.05) is 47.2 Å². The Morgan fingerprint density at radius 2 is 1.96 bits per heavy atom. The number of fused-ring (bicyclic) bond motifs is 1. The van der Waals surface area contributed by atoms with E-state index in [1.165, 1.54) is 18.4 Å². The van der Waals surface area contributed by atoms with Gasteiger partial charge in [0.15, 0.2) is 4.80 Å². The van der Waals surface area contributed by atoms with Crippen molar-refractivity contribution in [1.82, 2.24) is 4.57 Å². The molecule has 25 heavy (non-hydrogen) atoms. The number of nitrogens with zero attached hydrogens (tertiary/aromatic N) is 2. The second kappa shape index (κ2) is 7.21. The van der Waals surface area contributed by atoms with Gasteiger partial charge in [-0.3, -0.25) is 9.59 Å². The van der Waals surface area contributed by atoms with Crippen LogP contribution in [0.2, 0.25) is 5.02 Å². The monoisotopic (exact) mass is 374 g/mol. The first kappa shape index (κ1) is 17.4. The molecule has 3 rings (SSSR count). The van der Waals surface area contributed by atoms with Crippen molar-refractivity contribution in [3.05, 3.63) is 63.4 Å². The quantitative estimate of drug-likeness (QED) is 0.658. The second-order valence-corrected chi connectivity index (χ2v) is 6.78. The maximum atomic E-state index is 12.6. The number of benzene rings is 2. The smallest absolute Gasteiger partial charge is 0.325 e. The summed E-state index contributed by atoms with van der Waals surface area (Å²) in [6, 6.07) is 12.7. The Hall–Kier alpha value is -2.44. The molecule has 7 heteroatoms. The molecule has 0 radical (unpaired) electrons. The van der Waals surface area contributed by atoms with Crippen LogP contribution < -0.4 is 4.80 Å². The van der Waals surface area contributed by atoms with Crippen molar-refractivity contribution in [2.45, 2.75) is 13.5 Å². The summed E-state index contributed by atoms with van der Waals surface area (Å²) in [6.45, 7) is 1.78. The van der Waals surface area contributed by atoms with E-state index in [2.05, 4.69) is 4.99 Å². The van der Waals surface area contributed by atoms with E-state index in [1.807, 2.05) is 31.2 Å². The van der Waals surface area contributed by atoms with Gasteiger partial charge in [-0.25, -0.2) is 0 Å². The average Bonchev–Trinajstić information content (AvgIpc) is 2.93. The fraction of sp³-hybridized carbons (Fsp3) is 0.167. The molecule has 5 nitrogen and oxygen atoms in total. The van der Waals surface area contributed by atoms with Crippen molar-refractivity contribution in [3.8, 4) is 0 Å². The molecular formula is C18H15ClN2O3S. The summed E-state index contributed by atoms with van der Waals surface area (Å²) in [5, 5.41) is 0.488. The van der Waals surface area contributed by atoms with Crippen molar-refractivity contribution in [1.29, 1.82) is 0 Å². The Morgan fingerprint density at radius 1 is 1.20 bits per heavy atom. The predicted molar refractivity (Wildman–Crippen MR) is 97.9 cm³/mol. The Morgan fingerprint density at radius 3 is 2.68 bits per heavy atom. The average molecular weight is 375 g/mol. The number of methoxy groups -OCH3 is 1. The number of halogens is 1. The highest BCUT2D eigenvalue weighted by atomic mass is 35.5. The fourth-order valence-corrected chi connectivity index (χ4v) is 3.86. The maximum absolute atomic E-state index is 12.6. The van der Waals surface area contributed by atoms with E-state index in [-0.39, 0.29) is 12.5 Å². The number of carbonyl (C=O) groups excluding carboxylic acids is 2. The minimum Gasteiger partial charge on any atom is -0.468 e. The first-order chi connectivity index (χ1) is 12.0. The highest BCUT2D eigenvalue weighted by Crippen LogP contribution is 2.25. The molecule has 1 heterocycles. The molecule has 0 bridgehead atoms. The van der Waals surface area contributed by atoms with E-state index in [0.717, 1.165) is 10.3 Å². The van der Waals surface area contributed by atoms with Crippen LogP contribution >= 0.6 is 22.9 Å². The third-order valence-corrected chi connectivity index (χ3v) is 5.09. The second-order valence-electron chi connectivity index (χ2n) is 5.37. The summed E-state index contributed by atoms with van der Waals surface area (Å²) in [5.74, 6) is -0.802. The number of ether oxygens (including phenoxy) is 1. The summed E-state index contributed by atoms with van der Waals surface area (Å²) in [6.07, 6.45) is 0. The van der Waals surface area contributed by atoms with Gasteiger partial charge >= 0.3 is 5.97 Å². The Kier molecular flexibility index (Phi) is 5.01. The van der Waals surface area contributed by atoms with Crippen LogP contribution in [0.25, 0.3) is 10.2 Å². The van der Waals surface area contributed by atoms with Crippen molar-refractivity contribution < 1.29 is 14.3 Å². The van der Waals surface area contributed by atoms with Crippen molar-refractivity contribution >= 4 is 45.0 Å². The van der Waals surface area contributed by atoms with Gasteiger partial charge in [-0.05, 0) is 30.7 Å².